The van der Waals surface area contributed by atoms with Crippen LogP contribution in [-0.4, -0.2) is 33.4 Å². The molecule has 0 radical (unpaired) electrons. The maximum Gasteiger partial charge on any atom is 0.338 e. The number of aromatic nitrogens is 3. The molecule has 9 heteroatoms. The molecule has 2 heterocycles. The Morgan fingerprint density at radius 3 is 2.77 bits per heavy atom. The van der Waals surface area contributed by atoms with E-state index in [2.05, 4.69) is 20.3 Å². The molecule has 0 saturated heterocycles. The molecule has 30 heavy (non-hydrogen) atoms. The number of fused-ring (bicyclic) bond motifs is 1. The number of halogens is 2. The number of ether oxygens (including phenoxy) is 1. The monoisotopic (exact) mass is 440 g/mol. The molecule has 7 nitrogen and oxygen atoms in total. The third kappa shape index (κ3) is 4.42. The highest BCUT2D eigenvalue weighted by Crippen LogP contribution is 2.25. The lowest BCUT2D eigenvalue weighted by molar-refractivity contribution is -0.119. The van der Waals surface area contributed by atoms with Crippen LogP contribution in [0.4, 0.5) is 5.69 Å². The van der Waals surface area contributed by atoms with Crippen molar-refractivity contribution in [1.82, 2.24) is 15.0 Å². The first-order valence-electron chi connectivity index (χ1n) is 8.82. The van der Waals surface area contributed by atoms with Crippen LogP contribution in [0.1, 0.15) is 10.4 Å². The van der Waals surface area contributed by atoms with E-state index in [1.165, 1.54) is 6.07 Å². The molecule has 2 N–H and O–H groups in total. The molecule has 150 valence electrons. The second-order valence-electron chi connectivity index (χ2n) is 6.31. The number of H-pyrrole nitrogens is 1. The topological polar surface area (TPSA) is 97.0 Å². The highest BCUT2D eigenvalue weighted by molar-refractivity contribution is 6.35. The lowest BCUT2D eigenvalue weighted by Gasteiger charge is -2.08. The van der Waals surface area contributed by atoms with Gasteiger partial charge in [0.25, 0.3) is 5.91 Å². The van der Waals surface area contributed by atoms with E-state index in [1.807, 2.05) is 12.1 Å². The van der Waals surface area contributed by atoms with Gasteiger partial charge in [0.15, 0.2) is 6.61 Å². The number of amides is 1. The van der Waals surface area contributed by atoms with Crippen molar-refractivity contribution in [2.75, 3.05) is 11.9 Å². The Hall–Kier alpha value is -3.42. The zero-order valence-electron chi connectivity index (χ0n) is 15.4. The van der Waals surface area contributed by atoms with Crippen molar-refractivity contribution in [3.63, 3.8) is 0 Å². The highest BCUT2D eigenvalue weighted by Gasteiger charge is 2.14. The second-order valence-corrected chi connectivity index (χ2v) is 7.15. The van der Waals surface area contributed by atoms with E-state index in [0.717, 1.165) is 5.56 Å². The van der Waals surface area contributed by atoms with Crippen LogP contribution in [0.5, 0.6) is 0 Å². The number of carbonyl (C=O) groups excluding carboxylic acids is 2. The van der Waals surface area contributed by atoms with Gasteiger partial charge in [-0.05, 0) is 48.5 Å². The number of pyridine rings is 1. The van der Waals surface area contributed by atoms with Gasteiger partial charge in [-0.3, -0.25) is 9.78 Å². The summed E-state index contributed by atoms with van der Waals surface area (Å²) in [6, 6.07) is 13.3. The van der Waals surface area contributed by atoms with Gasteiger partial charge in [0.05, 0.1) is 27.3 Å². The summed E-state index contributed by atoms with van der Waals surface area (Å²) in [5.74, 6) is -0.530. The van der Waals surface area contributed by atoms with Crippen LogP contribution in [0.25, 0.3) is 22.4 Å². The second kappa shape index (κ2) is 8.52. The Labute approximate surface area is 181 Å². The maximum atomic E-state index is 12.3. The van der Waals surface area contributed by atoms with Crippen LogP contribution in [0, 0.1) is 0 Å². The SMILES string of the molecule is O=C(COC(=O)c1ccc2nc(-c3cccnc3)[nH]c2c1)Nc1cc(Cl)ccc1Cl. The van der Waals surface area contributed by atoms with Gasteiger partial charge >= 0.3 is 5.97 Å². The van der Waals surface area contributed by atoms with Gasteiger partial charge in [-0.25, -0.2) is 9.78 Å². The van der Waals surface area contributed by atoms with Crippen molar-refractivity contribution in [2.45, 2.75) is 0 Å². The van der Waals surface area contributed by atoms with Crippen molar-refractivity contribution in [1.29, 1.82) is 0 Å². The average molecular weight is 441 g/mol. The van der Waals surface area contributed by atoms with Gasteiger partial charge in [0.2, 0.25) is 0 Å². The van der Waals surface area contributed by atoms with E-state index in [-0.39, 0.29) is 5.56 Å². The normalized spacial score (nSPS) is 10.7. The third-order valence-corrected chi connectivity index (χ3v) is 4.75. The number of anilines is 1. The van der Waals surface area contributed by atoms with Crippen molar-refractivity contribution in [2.24, 2.45) is 0 Å². The molecule has 0 atom stereocenters. The lowest BCUT2D eigenvalue weighted by Crippen LogP contribution is -2.21. The number of benzene rings is 2. The number of aromatic amines is 1. The van der Waals surface area contributed by atoms with E-state index in [9.17, 15) is 9.59 Å². The van der Waals surface area contributed by atoms with Gasteiger partial charge < -0.3 is 15.0 Å². The van der Waals surface area contributed by atoms with E-state index in [0.29, 0.717) is 32.6 Å². The molecular formula is C21H14Cl2N4O3. The van der Waals surface area contributed by atoms with Crippen LogP contribution >= 0.6 is 23.2 Å². The number of nitrogens with one attached hydrogen (secondary N) is 2. The molecule has 2 aromatic carbocycles. The van der Waals surface area contributed by atoms with E-state index < -0.39 is 18.5 Å². The van der Waals surface area contributed by atoms with Crippen LogP contribution in [0.2, 0.25) is 10.0 Å². The van der Waals surface area contributed by atoms with Crippen LogP contribution in [0.15, 0.2) is 60.9 Å². The standard InChI is InChI=1S/C21H14Cl2N4O3/c22-14-4-5-15(23)17(9-14)25-19(28)11-30-21(29)12-3-6-16-18(8-12)27-20(26-16)13-2-1-7-24-10-13/h1-10H,11H2,(H,25,28)(H,26,27). The molecule has 2 aromatic heterocycles. The molecule has 0 aliphatic rings. The lowest BCUT2D eigenvalue weighted by atomic mass is 10.2. The molecule has 0 saturated carbocycles. The van der Waals surface area contributed by atoms with Gasteiger partial charge in [-0.15, -0.1) is 0 Å². The predicted octanol–water partition coefficient (Wildman–Crippen LogP) is 4.73. The Balaban J connectivity index is 1.43. The molecule has 0 aliphatic carbocycles. The molecule has 0 fully saturated rings. The summed E-state index contributed by atoms with van der Waals surface area (Å²) in [7, 11) is 0. The van der Waals surface area contributed by atoms with E-state index >= 15 is 0 Å². The van der Waals surface area contributed by atoms with Crippen molar-refractivity contribution >= 4 is 51.8 Å². The summed E-state index contributed by atoms with van der Waals surface area (Å²) in [6.45, 7) is -0.469. The molecule has 0 unspecified atom stereocenters. The van der Waals surface area contributed by atoms with E-state index in [1.54, 1.807) is 42.7 Å². The maximum absolute atomic E-state index is 12.3. The summed E-state index contributed by atoms with van der Waals surface area (Å²) in [4.78, 5) is 36.1. The molecule has 4 aromatic rings. The number of imidazole rings is 1. The minimum Gasteiger partial charge on any atom is -0.452 e. The van der Waals surface area contributed by atoms with Crippen LogP contribution in [-0.2, 0) is 9.53 Å². The summed E-state index contributed by atoms with van der Waals surface area (Å²) >= 11 is 11.9. The first-order valence-corrected chi connectivity index (χ1v) is 9.57. The van der Waals surface area contributed by atoms with Gasteiger partial charge in [0.1, 0.15) is 5.82 Å². The number of rotatable bonds is 5. The quantitative estimate of drug-likeness (QED) is 0.437. The molecule has 1 amide bonds. The number of esters is 1. The predicted molar refractivity (Wildman–Crippen MR) is 115 cm³/mol. The zero-order chi connectivity index (χ0) is 21.1. The van der Waals surface area contributed by atoms with Crippen molar-refractivity contribution < 1.29 is 14.3 Å². The molecule has 0 bridgehead atoms. The number of hydrogen-bond donors (Lipinski definition) is 2. The van der Waals surface area contributed by atoms with Crippen LogP contribution < -0.4 is 5.32 Å². The number of hydrogen-bond acceptors (Lipinski definition) is 5. The minimum absolute atomic E-state index is 0.289. The minimum atomic E-state index is -0.637. The average Bonchev–Trinajstić information content (AvgIpc) is 3.18. The Kier molecular flexibility index (Phi) is 5.65. The van der Waals surface area contributed by atoms with Crippen LogP contribution in [0.3, 0.4) is 0 Å². The van der Waals surface area contributed by atoms with Crippen molar-refractivity contribution in [3.05, 3.63) is 76.5 Å². The Morgan fingerprint density at radius 2 is 1.97 bits per heavy atom. The molecule has 4 rings (SSSR count). The van der Waals surface area contributed by atoms with Gasteiger partial charge in [-0.1, -0.05) is 23.2 Å². The zero-order valence-corrected chi connectivity index (χ0v) is 16.9. The first-order chi connectivity index (χ1) is 14.5. The molecular weight excluding hydrogens is 427 g/mol. The smallest absolute Gasteiger partial charge is 0.338 e. The number of carbonyl (C=O) groups is 2. The van der Waals surface area contributed by atoms with Gasteiger partial charge in [0, 0.05) is 23.0 Å². The highest BCUT2D eigenvalue weighted by atomic mass is 35.5. The summed E-state index contributed by atoms with van der Waals surface area (Å²) < 4.78 is 5.10. The third-order valence-electron chi connectivity index (χ3n) is 4.19. The summed E-state index contributed by atoms with van der Waals surface area (Å²) in [5.41, 5.74) is 2.82. The summed E-state index contributed by atoms with van der Waals surface area (Å²) in [5, 5.41) is 3.30. The van der Waals surface area contributed by atoms with E-state index in [4.69, 9.17) is 27.9 Å². The fourth-order valence-corrected chi connectivity index (χ4v) is 3.11. The Morgan fingerprint density at radius 1 is 1.10 bits per heavy atom. The Bertz CT molecular complexity index is 1240. The van der Waals surface area contributed by atoms with Gasteiger partial charge in [-0.2, -0.15) is 0 Å². The molecule has 0 aliphatic heterocycles. The largest absolute Gasteiger partial charge is 0.452 e. The molecule has 0 spiro atoms. The number of nitrogens with zero attached hydrogens (tertiary/aromatic N) is 2. The summed E-state index contributed by atoms with van der Waals surface area (Å²) in [6.07, 6.45) is 3.37. The van der Waals surface area contributed by atoms with Crippen molar-refractivity contribution in [3.8, 4) is 11.4 Å². The fourth-order valence-electron chi connectivity index (χ4n) is 2.77. The first kappa shape index (κ1) is 19.9. The fraction of sp³-hybridized carbons (Fsp3) is 0.0476.